The summed E-state index contributed by atoms with van der Waals surface area (Å²) in [4.78, 5) is 38.9. The van der Waals surface area contributed by atoms with E-state index in [2.05, 4.69) is 15.5 Å². The van der Waals surface area contributed by atoms with E-state index in [1.165, 1.54) is 6.07 Å². The van der Waals surface area contributed by atoms with Crippen molar-refractivity contribution < 1.29 is 18.8 Å². The van der Waals surface area contributed by atoms with E-state index in [9.17, 15) is 18.8 Å². The maximum atomic E-state index is 13.8. The van der Waals surface area contributed by atoms with Gasteiger partial charge in [-0.15, -0.1) is 0 Å². The van der Waals surface area contributed by atoms with Crippen LogP contribution in [0.3, 0.4) is 0 Å². The fourth-order valence-corrected chi connectivity index (χ4v) is 3.15. The number of nitrogens with zero attached hydrogens (tertiary/aromatic N) is 2. The first kappa shape index (κ1) is 17.3. The van der Waals surface area contributed by atoms with E-state index >= 15 is 0 Å². The van der Waals surface area contributed by atoms with Crippen molar-refractivity contribution in [3.63, 3.8) is 0 Å². The second-order valence-corrected chi connectivity index (χ2v) is 6.32. The highest BCUT2D eigenvalue weighted by Crippen LogP contribution is 2.13. The molecule has 1 atom stereocenters. The fraction of sp³-hybridized carbons (Fsp3) is 0.471. The predicted molar refractivity (Wildman–Crippen MR) is 88.0 cm³/mol. The van der Waals surface area contributed by atoms with Crippen molar-refractivity contribution in [3.05, 3.63) is 35.6 Å². The lowest BCUT2D eigenvalue weighted by Crippen LogP contribution is -2.40. The molecule has 0 radical (unpaired) electrons. The molecule has 1 unspecified atom stereocenters. The van der Waals surface area contributed by atoms with Crippen molar-refractivity contribution in [1.29, 1.82) is 0 Å². The molecule has 2 fully saturated rings. The molecule has 3 rings (SSSR count). The highest BCUT2D eigenvalue weighted by Gasteiger charge is 2.33. The summed E-state index contributed by atoms with van der Waals surface area (Å²) in [5, 5.41) is 4.56. The molecular formula is C17H21FN4O3. The van der Waals surface area contributed by atoms with Crippen molar-refractivity contribution >= 4 is 17.8 Å². The van der Waals surface area contributed by atoms with Crippen LogP contribution in [0.15, 0.2) is 24.3 Å². The minimum Gasteiger partial charge on any atom is -0.341 e. The normalized spacial score (nSPS) is 21.6. The van der Waals surface area contributed by atoms with E-state index in [1.54, 1.807) is 17.0 Å². The van der Waals surface area contributed by atoms with Crippen LogP contribution in [0.25, 0.3) is 0 Å². The zero-order valence-electron chi connectivity index (χ0n) is 13.8. The average molecular weight is 348 g/mol. The molecule has 4 amide bonds. The third-order valence-corrected chi connectivity index (χ3v) is 4.53. The molecule has 134 valence electrons. The van der Waals surface area contributed by atoms with Gasteiger partial charge in [0.25, 0.3) is 5.91 Å². The Balaban J connectivity index is 1.53. The van der Waals surface area contributed by atoms with Crippen LogP contribution in [0.4, 0.5) is 9.18 Å². The van der Waals surface area contributed by atoms with E-state index in [-0.39, 0.29) is 18.1 Å². The highest BCUT2D eigenvalue weighted by molar-refractivity contribution is 6.05. The maximum absolute atomic E-state index is 13.8. The van der Waals surface area contributed by atoms with E-state index in [0.29, 0.717) is 31.7 Å². The Kier molecular flexibility index (Phi) is 5.28. The van der Waals surface area contributed by atoms with E-state index in [1.807, 2.05) is 6.07 Å². The van der Waals surface area contributed by atoms with Crippen LogP contribution in [0.2, 0.25) is 0 Å². The highest BCUT2D eigenvalue weighted by atomic mass is 19.1. The molecule has 2 heterocycles. The SMILES string of the molecule is O=C1NC(=O)C(CC(=O)N2CCCN(Cc3ccccc3F)CC2)N1. The Morgan fingerprint density at radius 3 is 2.68 bits per heavy atom. The molecule has 0 saturated carbocycles. The minimum atomic E-state index is -0.794. The van der Waals surface area contributed by atoms with Crippen LogP contribution in [-0.2, 0) is 16.1 Å². The van der Waals surface area contributed by atoms with Crippen LogP contribution in [0.1, 0.15) is 18.4 Å². The number of benzene rings is 1. The van der Waals surface area contributed by atoms with Crippen LogP contribution in [0.5, 0.6) is 0 Å². The summed E-state index contributed by atoms with van der Waals surface area (Å²) < 4.78 is 13.8. The molecule has 0 spiro atoms. The number of nitrogens with one attached hydrogen (secondary N) is 2. The van der Waals surface area contributed by atoms with Crippen molar-refractivity contribution in [2.75, 3.05) is 26.2 Å². The van der Waals surface area contributed by atoms with E-state index < -0.39 is 18.0 Å². The third kappa shape index (κ3) is 4.33. The number of amides is 4. The quantitative estimate of drug-likeness (QED) is 0.775. The topological polar surface area (TPSA) is 81.8 Å². The Morgan fingerprint density at radius 1 is 1.16 bits per heavy atom. The molecule has 1 aromatic carbocycles. The van der Waals surface area contributed by atoms with Crippen molar-refractivity contribution in [2.24, 2.45) is 0 Å². The van der Waals surface area contributed by atoms with Crippen molar-refractivity contribution in [2.45, 2.75) is 25.4 Å². The van der Waals surface area contributed by atoms with E-state index in [0.717, 1.165) is 13.0 Å². The third-order valence-electron chi connectivity index (χ3n) is 4.53. The fourth-order valence-electron chi connectivity index (χ4n) is 3.15. The molecular weight excluding hydrogens is 327 g/mol. The first-order valence-corrected chi connectivity index (χ1v) is 8.38. The largest absolute Gasteiger partial charge is 0.341 e. The number of imide groups is 1. The number of urea groups is 1. The van der Waals surface area contributed by atoms with Gasteiger partial charge in [0.1, 0.15) is 11.9 Å². The van der Waals surface area contributed by atoms with Crippen LogP contribution in [0, 0.1) is 5.82 Å². The van der Waals surface area contributed by atoms with Gasteiger partial charge in [0.2, 0.25) is 5.91 Å². The number of halogens is 1. The zero-order valence-corrected chi connectivity index (χ0v) is 13.8. The average Bonchev–Trinajstić information content (AvgIpc) is 2.76. The van der Waals surface area contributed by atoms with Gasteiger partial charge in [-0.3, -0.25) is 19.8 Å². The lowest BCUT2D eigenvalue weighted by molar-refractivity contribution is -0.133. The van der Waals surface area contributed by atoms with Crippen molar-refractivity contribution in [3.8, 4) is 0 Å². The lowest BCUT2D eigenvalue weighted by atomic mass is 10.2. The monoisotopic (exact) mass is 348 g/mol. The molecule has 1 aromatic rings. The molecule has 0 aliphatic carbocycles. The molecule has 25 heavy (non-hydrogen) atoms. The Labute approximate surface area is 145 Å². The van der Waals surface area contributed by atoms with Gasteiger partial charge in [-0.25, -0.2) is 9.18 Å². The van der Waals surface area contributed by atoms with Crippen LogP contribution < -0.4 is 10.6 Å². The summed E-state index contributed by atoms with van der Waals surface area (Å²) in [6, 6.07) is 5.34. The Hall–Kier alpha value is -2.48. The zero-order chi connectivity index (χ0) is 17.8. The van der Waals surface area contributed by atoms with Gasteiger partial charge in [0.15, 0.2) is 0 Å². The summed E-state index contributed by atoms with van der Waals surface area (Å²) in [5.74, 6) is -0.841. The lowest BCUT2D eigenvalue weighted by Gasteiger charge is -2.23. The molecule has 2 saturated heterocycles. The second kappa shape index (κ2) is 7.60. The first-order valence-electron chi connectivity index (χ1n) is 8.38. The summed E-state index contributed by atoms with van der Waals surface area (Å²) in [5.41, 5.74) is 0.646. The van der Waals surface area contributed by atoms with Gasteiger partial charge < -0.3 is 10.2 Å². The van der Waals surface area contributed by atoms with Gasteiger partial charge in [-0.2, -0.15) is 0 Å². The Morgan fingerprint density at radius 2 is 1.96 bits per heavy atom. The van der Waals surface area contributed by atoms with Gasteiger partial charge in [-0.05, 0) is 12.5 Å². The van der Waals surface area contributed by atoms with Crippen LogP contribution in [-0.4, -0.2) is 59.9 Å². The number of rotatable bonds is 4. The predicted octanol–water partition coefficient (Wildman–Crippen LogP) is 0.458. The molecule has 0 aromatic heterocycles. The first-order chi connectivity index (χ1) is 12.0. The number of hydrogen-bond donors (Lipinski definition) is 2. The standard InChI is InChI=1S/C17H21FN4O3/c18-13-5-2-1-4-12(13)11-21-6-3-7-22(9-8-21)15(23)10-14-16(24)20-17(25)19-14/h1-2,4-5,14H,3,6-11H2,(H2,19,20,24,25). The van der Waals surface area contributed by atoms with Crippen molar-refractivity contribution in [1.82, 2.24) is 20.4 Å². The number of carbonyl (C=O) groups excluding carboxylic acids is 3. The summed E-state index contributed by atoms with van der Waals surface area (Å²) in [6.45, 7) is 3.04. The second-order valence-electron chi connectivity index (χ2n) is 6.32. The summed E-state index contributed by atoms with van der Waals surface area (Å²) in [7, 11) is 0. The van der Waals surface area contributed by atoms with Gasteiger partial charge in [0.05, 0.1) is 6.42 Å². The minimum absolute atomic E-state index is 0.0368. The Bertz CT molecular complexity index is 682. The summed E-state index contributed by atoms with van der Waals surface area (Å²) in [6.07, 6.45) is 0.744. The number of hydrogen-bond acceptors (Lipinski definition) is 4. The van der Waals surface area contributed by atoms with Gasteiger partial charge >= 0.3 is 6.03 Å². The molecule has 2 aliphatic rings. The summed E-state index contributed by atoms with van der Waals surface area (Å²) >= 11 is 0. The van der Waals surface area contributed by atoms with Gasteiger partial charge in [0, 0.05) is 38.3 Å². The molecule has 0 bridgehead atoms. The molecule has 7 nitrogen and oxygen atoms in total. The molecule has 8 heteroatoms. The molecule has 2 aliphatic heterocycles. The van der Waals surface area contributed by atoms with E-state index in [4.69, 9.17) is 0 Å². The van der Waals surface area contributed by atoms with Gasteiger partial charge in [-0.1, -0.05) is 18.2 Å². The molecule has 2 N–H and O–H groups in total. The maximum Gasteiger partial charge on any atom is 0.322 e. The number of carbonyl (C=O) groups is 3. The van der Waals surface area contributed by atoms with Crippen LogP contribution >= 0.6 is 0 Å². The smallest absolute Gasteiger partial charge is 0.322 e.